The summed E-state index contributed by atoms with van der Waals surface area (Å²) in [4.78, 5) is 13.5. The second-order valence-corrected chi connectivity index (χ2v) is 9.85. The molecule has 0 saturated carbocycles. The molecule has 0 aromatic heterocycles. The van der Waals surface area contributed by atoms with Gasteiger partial charge in [0.15, 0.2) is 0 Å². The van der Waals surface area contributed by atoms with Crippen LogP contribution in [0.15, 0.2) is 78.9 Å². The predicted octanol–water partition coefficient (Wildman–Crippen LogP) is 4.14. The maximum absolute atomic E-state index is 13.5. The average molecular weight is 437 g/mol. The van der Waals surface area contributed by atoms with E-state index in [-0.39, 0.29) is 5.91 Å². The monoisotopic (exact) mass is 436 g/mol. The predicted molar refractivity (Wildman–Crippen MR) is 124 cm³/mol. The van der Waals surface area contributed by atoms with Crippen LogP contribution in [0.4, 0.5) is 0 Å². The van der Waals surface area contributed by atoms with Crippen molar-refractivity contribution in [3.63, 3.8) is 0 Å². The molecule has 0 radical (unpaired) electrons. The Morgan fingerprint density at radius 3 is 1.94 bits per heavy atom. The lowest BCUT2D eigenvalue weighted by Crippen LogP contribution is -2.42. The molecule has 162 valence electrons. The molecule has 3 rings (SSSR count). The van der Waals surface area contributed by atoms with Crippen LogP contribution in [-0.2, 0) is 14.8 Å². The van der Waals surface area contributed by atoms with Crippen LogP contribution in [0, 0.1) is 13.8 Å². The Morgan fingerprint density at radius 2 is 1.42 bits per heavy atom. The smallest absolute Gasteiger partial charge is 0.243 e. The van der Waals surface area contributed by atoms with Gasteiger partial charge >= 0.3 is 0 Å². The number of carbonyl (C=O) groups excluding carboxylic acids is 1. The molecule has 0 aliphatic heterocycles. The van der Waals surface area contributed by atoms with E-state index < -0.39 is 22.1 Å². The summed E-state index contributed by atoms with van der Waals surface area (Å²) in [6.07, 6.45) is 1.11. The van der Waals surface area contributed by atoms with Crippen molar-refractivity contribution < 1.29 is 13.2 Å². The number of benzene rings is 3. The topological polar surface area (TPSA) is 66.5 Å². The SMILES string of the molecule is Cc1ccc([C@@H](NC(=O)[C@H](c2ccccc2)N(C)S(C)(=O)=O)c2ccccc2)c(C)c1. The van der Waals surface area contributed by atoms with E-state index in [1.54, 1.807) is 24.3 Å². The summed E-state index contributed by atoms with van der Waals surface area (Å²) in [6, 6.07) is 23.4. The number of hydrogen-bond donors (Lipinski definition) is 1. The van der Waals surface area contributed by atoms with Crippen molar-refractivity contribution in [2.75, 3.05) is 13.3 Å². The molecule has 5 nitrogen and oxygen atoms in total. The molecular formula is C25H28N2O3S. The Morgan fingerprint density at radius 1 is 0.871 bits per heavy atom. The highest BCUT2D eigenvalue weighted by atomic mass is 32.2. The van der Waals surface area contributed by atoms with Crippen molar-refractivity contribution in [1.82, 2.24) is 9.62 Å². The minimum atomic E-state index is -3.60. The van der Waals surface area contributed by atoms with Crippen molar-refractivity contribution >= 4 is 15.9 Å². The van der Waals surface area contributed by atoms with Crippen LogP contribution in [0.25, 0.3) is 0 Å². The zero-order chi connectivity index (χ0) is 22.6. The lowest BCUT2D eigenvalue weighted by Gasteiger charge is -2.29. The Bertz CT molecular complexity index is 1150. The average Bonchev–Trinajstić information content (AvgIpc) is 2.73. The van der Waals surface area contributed by atoms with Gasteiger partial charge in [-0.05, 0) is 36.1 Å². The molecule has 2 atom stereocenters. The van der Waals surface area contributed by atoms with Crippen molar-refractivity contribution in [2.45, 2.75) is 25.9 Å². The summed E-state index contributed by atoms with van der Waals surface area (Å²) >= 11 is 0. The highest BCUT2D eigenvalue weighted by Crippen LogP contribution is 2.28. The van der Waals surface area contributed by atoms with Gasteiger partial charge in [0, 0.05) is 7.05 Å². The number of amides is 1. The Balaban J connectivity index is 2.05. The van der Waals surface area contributed by atoms with Gasteiger partial charge < -0.3 is 5.32 Å². The first-order valence-corrected chi connectivity index (χ1v) is 11.9. The fourth-order valence-electron chi connectivity index (χ4n) is 3.71. The molecule has 0 aliphatic carbocycles. The van der Waals surface area contributed by atoms with Crippen molar-refractivity contribution in [3.05, 3.63) is 107 Å². The molecule has 0 aliphatic rings. The molecule has 0 fully saturated rings. The number of nitrogens with zero attached hydrogens (tertiary/aromatic N) is 1. The minimum Gasteiger partial charge on any atom is -0.343 e. The molecule has 31 heavy (non-hydrogen) atoms. The van der Waals surface area contributed by atoms with Gasteiger partial charge in [-0.25, -0.2) is 8.42 Å². The van der Waals surface area contributed by atoms with Gasteiger partial charge in [0.25, 0.3) is 0 Å². The number of aryl methyl sites for hydroxylation is 2. The minimum absolute atomic E-state index is 0.382. The molecular weight excluding hydrogens is 408 g/mol. The quantitative estimate of drug-likeness (QED) is 0.605. The summed E-state index contributed by atoms with van der Waals surface area (Å²) in [5.41, 5.74) is 4.70. The second-order valence-electron chi connectivity index (χ2n) is 7.80. The van der Waals surface area contributed by atoms with Crippen molar-refractivity contribution in [3.8, 4) is 0 Å². The van der Waals surface area contributed by atoms with E-state index in [0.29, 0.717) is 5.56 Å². The Hall–Kier alpha value is -2.96. The van der Waals surface area contributed by atoms with Gasteiger partial charge in [-0.2, -0.15) is 4.31 Å². The fraction of sp³-hybridized carbons (Fsp3) is 0.240. The van der Waals surface area contributed by atoms with Gasteiger partial charge in [0.2, 0.25) is 15.9 Å². The van der Waals surface area contributed by atoms with Gasteiger partial charge in [0.1, 0.15) is 6.04 Å². The standard InChI is InChI=1S/C25H28N2O3S/c1-18-15-16-22(19(2)17-18)23(20-11-7-5-8-12-20)26-25(28)24(27(3)31(4,29)30)21-13-9-6-10-14-21/h5-17,23-24H,1-4H3,(H,26,28)/t23-,24-/m0/s1. The number of sulfonamides is 1. The first-order chi connectivity index (χ1) is 14.7. The first-order valence-electron chi connectivity index (χ1n) is 10.1. The summed E-state index contributed by atoms with van der Waals surface area (Å²) in [6.45, 7) is 4.04. The van der Waals surface area contributed by atoms with Crippen LogP contribution in [-0.4, -0.2) is 31.9 Å². The van der Waals surface area contributed by atoms with Crippen LogP contribution in [0.1, 0.15) is 39.9 Å². The molecule has 6 heteroatoms. The van der Waals surface area contributed by atoms with Crippen LogP contribution in [0.5, 0.6) is 0 Å². The molecule has 0 unspecified atom stereocenters. The third-order valence-electron chi connectivity index (χ3n) is 5.41. The molecule has 0 saturated heterocycles. The number of rotatable bonds is 7. The Labute approximate surface area is 184 Å². The number of likely N-dealkylation sites (N-methyl/N-ethyl adjacent to an activating group) is 1. The van der Waals surface area contributed by atoms with Crippen LogP contribution in [0.3, 0.4) is 0 Å². The lowest BCUT2D eigenvalue weighted by molar-refractivity contribution is -0.125. The maximum atomic E-state index is 13.5. The second kappa shape index (κ2) is 9.45. The van der Waals surface area contributed by atoms with Gasteiger partial charge in [0.05, 0.1) is 12.3 Å². The largest absolute Gasteiger partial charge is 0.343 e. The molecule has 1 amide bonds. The number of hydrogen-bond acceptors (Lipinski definition) is 3. The number of carbonyl (C=O) groups is 1. The Kier molecular flexibility index (Phi) is 6.93. The van der Waals surface area contributed by atoms with Crippen LogP contribution < -0.4 is 5.32 Å². The van der Waals surface area contributed by atoms with Gasteiger partial charge in [-0.15, -0.1) is 0 Å². The normalized spacial score (nSPS) is 13.6. The molecule has 0 spiro atoms. The third kappa shape index (κ3) is 5.40. The fourth-order valence-corrected chi connectivity index (χ4v) is 4.31. The van der Waals surface area contributed by atoms with Crippen LogP contribution in [0.2, 0.25) is 0 Å². The highest BCUT2D eigenvalue weighted by molar-refractivity contribution is 7.88. The summed E-state index contributed by atoms with van der Waals surface area (Å²) in [5, 5.41) is 3.12. The first kappa shape index (κ1) is 22.7. The van der Waals surface area contributed by atoms with E-state index in [9.17, 15) is 13.2 Å². The van der Waals surface area contributed by atoms with E-state index in [4.69, 9.17) is 0 Å². The van der Waals surface area contributed by atoms with E-state index in [2.05, 4.69) is 11.4 Å². The molecule has 3 aromatic rings. The van der Waals surface area contributed by atoms with Crippen molar-refractivity contribution in [2.24, 2.45) is 0 Å². The van der Waals surface area contributed by atoms with Gasteiger partial charge in [-0.3, -0.25) is 4.79 Å². The summed E-state index contributed by atoms with van der Waals surface area (Å²) < 4.78 is 25.7. The molecule has 0 bridgehead atoms. The molecule has 0 heterocycles. The van der Waals surface area contributed by atoms with Crippen molar-refractivity contribution in [1.29, 1.82) is 0 Å². The van der Waals surface area contributed by atoms with E-state index in [0.717, 1.165) is 32.8 Å². The lowest BCUT2D eigenvalue weighted by atomic mass is 9.93. The van der Waals surface area contributed by atoms with E-state index >= 15 is 0 Å². The van der Waals surface area contributed by atoms with Gasteiger partial charge in [-0.1, -0.05) is 84.4 Å². The third-order valence-corrected chi connectivity index (χ3v) is 6.66. The summed E-state index contributed by atoms with van der Waals surface area (Å²) in [5.74, 6) is -0.382. The van der Waals surface area contributed by atoms with E-state index in [1.165, 1.54) is 7.05 Å². The summed E-state index contributed by atoms with van der Waals surface area (Å²) in [7, 11) is -2.17. The number of nitrogens with one attached hydrogen (secondary N) is 1. The molecule has 1 N–H and O–H groups in total. The maximum Gasteiger partial charge on any atom is 0.243 e. The highest BCUT2D eigenvalue weighted by Gasteiger charge is 2.32. The zero-order valence-electron chi connectivity index (χ0n) is 18.2. The zero-order valence-corrected chi connectivity index (χ0v) is 19.1. The van der Waals surface area contributed by atoms with E-state index in [1.807, 2.05) is 62.4 Å². The van der Waals surface area contributed by atoms with Crippen LogP contribution >= 0.6 is 0 Å². The molecule has 3 aromatic carbocycles.